The quantitative estimate of drug-likeness (QED) is 0.893. The number of nitrogens with two attached hydrogens (primary N) is 1. The highest BCUT2D eigenvalue weighted by Gasteiger charge is 2.25. The van der Waals surface area contributed by atoms with E-state index in [1.807, 2.05) is 19.1 Å². The van der Waals surface area contributed by atoms with E-state index in [9.17, 15) is 9.59 Å². The zero-order valence-electron chi connectivity index (χ0n) is 14.0. The molecule has 0 aromatic carbocycles. The molecular weight excluding hydrogens is 304 g/mol. The largest absolute Gasteiger partial charge is 0.348 e. The van der Waals surface area contributed by atoms with Gasteiger partial charge in [-0.2, -0.15) is 0 Å². The van der Waals surface area contributed by atoms with Crippen molar-refractivity contribution in [3.05, 3.63) is 46.0 Å². The number of nitrogens with one attached hydrogen (secondary N) is 1. The van der Waals surface area contributed by atoms with Crippen molar-refractivity contribution >= 4 is 11.6 Å². The zero-order valence-corrected chi connectivity index (χ0v) is 14.0. The molecule has 1 aliphatic carbocycles. The molecule has 1 aliphatic rings. The Kier molecular flexibility index (Phi) is 4.94. The summed E-state index contributed by atoms with van der Waals surface area (Å²) in [5.74, 6) is 0.00928. The summed E-state index contributed by atoms with van der Waals surface area (Å²) in [7, 11) is 0. The molecule has 1 saturated carbocycles. The molecule has 1 atom stereocenters. The molecule has 128 valence electrons. The van der Waals surface area contributed by atoms with Crippen LogP contribution >= 0.6 is 0 Å². The first-order valence-electron chi connectivity index (χ1n) is 8.59. The SMILES string of the molecule is Cc1ccn2c(=O)c(C(=O)NC(CN)C3CCCCC3)cnc2c1. The summed E-state index contributed by atoms with van der Waals surface area (Å²) in [5, 5.41) is 2.95. The van der Waals surface area contributed by atoms with Crippen LogP contribution in [0.15, 0.2) is 29.3 Å². The van der Waals surface area contributed by atoms with Gasteiger partial charge in [-0.3, -0.25) is 14.0 Å². The van der Waals surface area contributed by atoms with Crippen LogP contribution in [0, 0.1) is 12.8 Å². The molecule has 1 unspecified atom stereocenters. The average molecular weight is 328 g/mol. The van der Waals surface area contributed by atoms with E-state index < -0.39 is 0 Å². The second kappa shape index (κ2) is 7.13. The number of pyridine rings is 1. The number of aromatic nitrogens is 2. The van der Waals surface area contributed by atoms with Crippen molar-refractivity contribution < 1.29 is 4.79 Å². The third kappa shape index (κ3) is 3.33. The minimum absolute atomic E-state index is 0.0608. The minimum atomic E-state index is -0.386. The molecule has 1 fully saturated rings. The fourth-order valence-corrected chi connectivity index (χ4v) is 3.48. The number of hydrogen-bond donors (Lipinski definition) is 2. The van der Waals surface area contributed by atoms with E-state index in [-0.39, 0.29) is 23.1 Å². The molecule has 2 aromatic rings. The highest BCUT2D eigenvalue weighted by atomic mass is 16.2. The summed E-state index contributed by atoms with van der Waals surface area (Å²) in [6.45, 7) is 2.32. The number of carbonyl (C=O) groups excluding carboxylic acids is 1. The van der Waals surface area contributed by atoms with Crippen LogP contribution in [0.3, 0.4) is 0 Å². The molecule has 6 nitrogen and oxygen atoms in total. The van der Waals surface area contributed by atoms with E-state index in [2.05, 4.69) is 10.3 Å². The van der Waals surface area contributed by atoms with E-state index in [0.29, 0.717) is 18.1 Å². The summed E-state index contributed by atoms with van der Waals surface area (Å²) in [5.41, 5.74) is 7.13. The van der Waals surface area contributed by atoms with Crippen molar-refractivity contribution in [3.8, 4) is 0 Å². The molecule has 2 heterocycles. The van der Waals surface area contributed by atoms with E-state index in [4.69, 9.17) is 5.73 Å². The predicted octanol–water partition coefficient (Wildman–Crippen LogP) is 1.64. The first-order valence-corrected chi connectivity index (χ1v) is 8.59. The topological polar surface area (TPSA) is 89.5 Å². The molecule has 3 N–H and O–H groups in total. The Balaban J connectivity index is 1.84. The van der Waals surface area contributed by atoms with Crippen LogP contribution < -0.4 is 16.6 Å². The van der Waals surface area contributed by atoms with Gasteiger partial charge in [-0.15, -0.1) is 0 Å². The maximum Gasteiger partial charge on any atom is 0.270 e. The molecular formula is C18H24N4O2. The molecule has 2 aromatic heterocycles. The Morgan fingerprint density at radius 2 is 2.17 bits per heavy atom. The van der Waals surface area contributed by atoms with Gasteiger partial charge in [0.25, 0.3) is 11.5 Å². The Hall–Kier alpha value is -2.21. The fourth-order valence-electron chi connectivity index (χ4n) is 3.48. The molecule has 0 spiro atoms. The fraction of sp³-hybridized carbons (Fsp3) is 0.500. The Morgan fingerprint density at radius 3 is 2.88 bits per heavy atom. The van der Waals surface area contributed by atoms with Gasteiger partial charge in [0.05, 0.1) is 0 Å². The highest BCUT2D eigenvalue weighted by Crippen LogP contribution is 2.26. The number of hydrogen-bond acceptors (Lipinski definition) is 4. The molecule has 24 heavy (non-hydrogen) atoms. The molecule has 6 heteroatoms. The second-order valence-corrected chi connectivity index (χ2v) is 6.62. The summed E-state index contributed by atoms with van der Waals surface area (Å²) < 4.78 is 1.40. The highest BCUT2D eigenvalue weighted by molar-refractivity contribution is 5.94. The van der Waals surface area contributed by atoms with E-state index >= 15 is 0 Å². The van der Waals surface area contributed by atoms with Crippen molar-refractivity contribution in [2.24, 2.45) is 11.7 Å². The van der Waals surface area contributed by atoms with Gasteiger partial charge in [0.1, 0.15) is 11.2 Å². The summed E-state index contributed by atoms with van der Waals surface area (Å²) in [6, 6.07) is 3.55. The maximum absolute atomic E-state index is 12.6. The van der Waals surface area contributed by atoms with Crippen LogP contribution in [0.25, 0.3) is 5.65 Å². The van der Waals surface area contributed by atoms with Crippen molar-refractivity contribution in [1.82, 2.24) is 14.7 Å². The molecule has 0 saturated heterocycles. The predicted molar refractivity (Wildman–Crippen MR) is 93.1 cm³/mol. The van der Waals surface area contributed by atoms with Crippen molar-refractivity contribution in [2.75, 3.05) is 6.54 Å². The van der Waals surface area contributed by atoms with Crippen LogP contribution in [0.4, 0.5) is 0 Å². The van der Waals surface area contributed by atoms with Crippen LogP contribution in [-0.2, 0) is 0 Å². The number of carbonyl (C=O) groups is 1. The van der Waals surface area contributed by atoms with Crippen LogP contribution in [0.2, 0.25) is 0 Å². The number of rotatable bonds is 4. The zero-order chi connectivity index (χ0) is 17.1. The third-order valence-electron chi connectivity index (χ3n) is 4.90. The number of aryl methyl sites for hydroxylation is 1. The Bertz CT molecular complexity index is 793. The van der Waals surface area contributed by atoms with Gasteiger partial charge in [-0.25, -0.2) is 4.98 Å². The van der Waals surface area contributed by atoms with Gasteiger partial charge in [-0.1, -0.05) is 19.3 Å². The van der Waals surface area contributed by atoms with Gasteiger partial charge >= 0.3 is 0 Å². The third-order valence-corrected chi connectivity index (χ3v) is 4.90. The first-order chi connectivity index (χ1) is 11.6. The molecule has 0 bridgehead atoms. The number of amides is 1. The lowest BCUT2D eigenvalue weighted by molar-refractivity contribution is 0.0913. The van der Waals surface area contributed by atoms with Gasteiger partial charge in [0.15, 0.2) is 0 Å². The van der Waals surface area contributed by atoms with Crippen LogP contribution in [0.5, 0.6) is 0 Å². The normalized spacial score (nSPS) is 16.9. The van der Waals surface area contributed by atoms with E-state index in [0.717, 1.165) is 18.4 Å². The number of nitrogens with zero attached hydrogens (tertiary/aromatic N) is 2. The van der Waals surface area contributed by atoms with Gasteiger partial charge < -0.3 is 11.1 Å². The van der Waals surface area contributed by atoms with E-state index in [1.165, 1.54) is 29.9 Å². The second-order valence-electron chi connectivity index (χ2n) is 6.62. The first kappa shape index (κ1) is 16.6. The van der Waals surface area contributed by atoms with Crippen molar-refractivity contribution in [3.63, 3.8) is 0 Å². The molecule has 0 aliphatic heterocycles. The van der Waals surface area contributed by atoms with Crippen molar-refractivity contribution in [2.45, 2.75) is 45.1 Å². The molecule has 3 rings (SSSR count). The van der Waals surface area contributed by atoms with Gasteiger partial charge in [0, 0.05) is 25.0 Å². The lowest BCUT2D eigenvalue weighted by Gasteiger charge is -2.30. The molecule has 1 amide bonds. The Morgan fingerprint density at radius 1 is 1.42 bits per heavy atom. The summed E-state index contributed by atoms with van der Waals surface area (Å²) in [4.78, 5) is 29.4. The van der Waals surface area contributed by atoms with Gasteiger partial charge in [0.2, 0.25) is 0 Å². The van der Waals surface area contributed by atoms with Crippen LogP contribution in [0.1, 0.15) is 48.0 Å². The monoisotopic (exact) mass is 328 g/mol. The average Bonchev–Trinajstić information content (AvgIpc) is 2.60. The van der Waals surface area contributed by atoms with Gasteiger partial charge in [-0.05, 0) is 43.4 Å². The standard InChI is InChI=1S/C18H24N4O2/c1-12-7-8-22-16(9-12)20-11-14(18(22)24)17(23)21-15(10-19)13-5-3-2-4-6-13/h7-9,11,13,15H,2-6,10,19H2,1H3,(H,21,23). The number of fused-ring (bicyclic) bond motifs is 1. The smallest absolute Gasteiger partial charge is 0.270 e. The van der Waals surface area contributed by atoms with E-state index in [1.54, 1.807) is 6.20 Å². The Labute approximate surface area is 141 Å². The lowest BCUT2D eigenvalue weighted by Crippen LogP contribution is -2.47. The lowest BCUT2D eigenvalue weighted by atomic mass is 9.84. The molecule has 0 radical (unpaired) electrons. The maximum atomic E-state index is 12.6. The minimum Gasteiger partial charge on any atom is -0.348 e. The van der Waals surface area contributed by atoms with Crippen molar-refractivity contribution in [1.29, 1.82) is 0 Å². The summed E-state index contributed by atoms with van der Waals surface area (Å²) in [6.07, 6.45) is 8.77. The summed E-state index contributed by atoms with van der Waals surface area (Å²) >= 11 is 0. The van der Waals surface area contributed by atoms with Crippen LogP contribution in [-0.4, -0.2) is 27.9 Å².